The Bertz CT molecular complexity index is 180. The summed E-state index contributed by atoms with van der Waals surface area (Å²) in [5, 5.41) is 0. The minimum absolute atomic E-state index is 0.246. The lowest BCUT2D eigenvalue weighted by molar-refractivity contribution is -0.146. The summed E-state index contributed by atoms with van der Waals surface area (Å²) in [7, 11) is 1.61. The number of methoxy groups -OCH3 is 1. The second-order valence-corrected chi connectivity index (χ2v) is 4.15. The van der Waals surface area contributed by atoms with Gasteiger partial charge in [-0.2, -0.15) is 11.8 Å². The number of ether oxygens (including phenoxy) is 3. The first kappa shape index (κ1) is 15.7. The summed E-state index contributed by atoms with van der Waals surface area (Å²) >= 11 is 1.66. The molecule has 0 amide bonds. The molecule has 0 radical (unpaired) electrons. The average molecular weight is 251 g/mol. The van der Waals surface area contributed by atoms with Crippen molar-refractivity contribution in [3.63, 3.8) is 0 Å². The van der Waals surface area contributed by atoms with Crippen LogP contribution in [-0.2, 0) is 19.0 Å². The van der Waals surface area contributed by atoms with Gasteiger partial charge in [-0.15, -0.1) is 0 Å². The van der Waals surface area contributed by atoms with Crippen molar-refractivity contribution in [2.45, 2.75) is 12.5 Å². The molecule has 1 atom stereocenters. The SMILES string of the molecule is COCCOCCOC(=O)[C@@H](N)CCSC. The lowest BCUT2D eigenvalue weighted by Crippen LogP contribution is -2.33. The molecule has 0 aromatic heterocycles. The number of hydrogen-bond donors (Lipinski definition) is 1. The van der Waals surface area contributed by atoms with Crippen molar-refractivity contribution >= 4 is 17.7 Å². The van der Waals surface area contributed by atoms with E-state index in [1.165, 1.54) is 0 Å². The second kappa shape index (κ2) is 11.2. The monoisotopic (exact) mass is 251 g/mol. The molecule has 0 rings (SSSR count). The fraction of sp³-hybridized carbons (Fsp3) is 0.900. The Balaban J connectivity index is 3.35. The van der Waals surface area contributed by atoms with Crippen LogP contribution in [0.25, 0.3) is 0 Å². The second-order valence-electron chi connectivity index (χ2n) is 3.16. The highest BCUT2D eigenvalue weighted by Gasteiger charge is 2.13. The van der Waals surface area contributed by atoms with Gasteiger partial charge in [0.05, 0.1) is 19.8 Å². The van der Waals surface area contributed by atoms with Gasteiger partial charge in [0.15, 0.2) is 0 Å². The van der Waals surface area contributed by atoms with E-state index >= 15 is 0 Å². The predicted octanol–water partition coefficient (Wildman–Crippen LogP) is 0.273. The number of esters is 1. The zero-order valence-corrected chi connectivity index (χ0v) is 10.8. The van der Waals surface area contributed by atoms with Crippen molar-refractivity contribution in [2.24, 2.45) is 5.73 Å². The summed E-state index contributed by atoms with van der Waals surface area (Å²) in [6.07, 6.45) is 2.62. The Morgan fingerprint density at radius 3 is 2.62 bits per heavy atom. The molecule has 0 bridgehead atoms. The molecule has 0 saturated carbocycles. The summed E-state index contributed by atoms with van der Waals surface area (Å²) in [4.78, 5) is 11.3. The van der Waals surface area contributed by atoms with Crippen LogP contribution in [0.4, 0.5) is 0 Å². The zero-order valence-electron chi connectivity index (χ0n) is 9.94. The minimum Gasteiger partial charge on any atom is -0.462 e. The molecule has 0 aliphatic carbocycles. The molecule has 0 spiro atoms. The highest BCUT2D eigenvalue weighted by molar-refractivity contribution is 7.98. The van der Waals surface area contributed by atoms with E-state index in [-0.39, 0.29) is 12.6 Å². The Labute approximate surface area is 101 Å². The molecular weight excluding hydrogens is 230 g/mol. The van der Waals surface area contributed by atoms with E-state index in [9.17, 15) is 4.79 Å². The minimum atomic E-state index is -0.522. The molecule has 6 heteroatoms. The van der Waals surface area contributed by atoms with Gasteiger partial charge in [-0.3, -0.25) is 4.79 Å². The maximum Gasteiger partial charge on any atom is 0.323 e. The Morgan fingerprint density at radius 1 is 1.31 bits per heavy atom. The first-order valence-electron chi connectivity index (χ1n) is 5.20. The fourth-order valence-corrected chi connectivity index (χ4v) is 1.40. The van der Waals surface area contributed by atoms with Crippen LogP contribution in [0.15, 0.2) is 0 Å². The van der Waals surface area contributed by atoms with Crippen molar-refractivity contribution in [2.75, 3.05) is 45.5 Å². The third kappa shape index (κ3) is 8.96. The van der Waals surface area contributed by atoms with Gasteiger partial charge < -0.3 is 19.9 Å². The van der Waals surface area contributed by atoms with Gasteiger partial charge in [0, 0.05) is 7.11 Å². The van der Waals surface area contributed by atoms with Crippen LogP contribution in [0.1, 0.15) is 6.42 Å². The highest BCUT2D eigenvalue weighted by atomic mass is 32.2. The van der Waals surface area contributed by atoms with Crippen LogP contribution in [0.5, 0.6) is 0 Å². The van der Waals surface area contributed by atoms with Gasteiger partial charge in [-0.1, -0.05) is 0 Å². The van der Waals surface area contributed by atoms with Gasteiger partial charge in [-0.05, 0) is 18.4 Å². The summed E-state index contributed by atoms with van der Waals surface area (Å²) < 4.78 is 14.9. The van der Waals surface area contributed by atoms with Crippen molar-refractivity contribution in [1.82, 2.24) is 0 Å². The van der Waals surface area contributed by atoms with Crippen LogP contribution in [0.2, 0.25) is 0 Å². The van der Waals surface area contributed by atoms with Gasteiger partial charge in [0.2, 0.25) is 0 Å². The lowest BCUT2D eigenvalue weighted by Gasteiger charge is -2.10. The number of carbonyl (C=O) groups is 1. The van der Waals surface area contributed by atoms with Crippen molar-refractivity contribution in [3.05, 3.63) is 0 Å². The molecule has 5 nitrogen and oxygen atoms in total. The van der Waals surface area contributed by atoms with E-state index in [1.807, 2.05) is 6.26 Å². The predicted molar refractivity (Wildman–Crippen MR) is 64.6 cm³/mol. The topological polar surface area (TPSA) is 70.8 Å². The lowest BCUT2D eigenvalue weighted by atomic mass is 10.2. The number of nitrogens with two attached hydrogens (primary N) is 1. The summed E-state index contributed by atoms with van der Waals surface area (Å²) in [6.45, 7) is 1.67. The first-order valence-corrected chi connectivity index (χ1v) is 6.59. The molecule has 0 fully saturated rings. The summed E-state index contributed by atoms with van der Waals surface area (Å²) in [6, 6.07) is -0.522. The zero-order chi connectivity index (χ0) is 12.2. The van der Waals surface area contributed by atoms with E-state index < -0.39 is 6.04 Å². The molecule has 0 aromatic carbocycles. The molecule has 16 heavy (non-hydrogen) atoms. The third-order valence-electron chi connectivity index (χ3n) is 1.84. The average Bonchev–Trinajstić information content (AvgIpc) is 2.30. The first-order chi connectivity index (χ1) is 7.72. The van der Waals surface area contributed by atoms with Crippen molar-refractivity contribution < 1.29 is 19.0 Å². The van der Waals surface area contributed by atoms with Crippen LogP contribution < -0.4 is 5.73 Å². The van der Waals surface area contributed by atoms with Gasteiger partial charge >= 0.3 is 5.97 Å². The molecule has 0 heterocycles. The normalized spacial score (nSPS) is 12.4. The standard InChI is InChI=1S/C10H21NO4S/c1-13-4-5-14-6-7-15-10(12)9(11)3-8-16-2/h9H,3-8,11H2,1-2H3/t9-/m0/s1. The molecular formula is C10H21NO4S. The Hall–Kier alpha value is -0.300. The van der Waals surface area contributed by atoms with E-state index in [2.05, 4.69) is 0 Å². The summed E-state index contributed by atoms with van der Waals surface area (Å²) in [5.41, 5.74) is 5.62. The maximum atomic E-state index is 11.3. The Kier molecular flexibility index (Phi) is 11.0. The maximum absolute atomic E-state index is 11.3. The molecule has 0 aliphatic heterocycles. The van der Waals surface area contributed by atoms with E-state index in [4.69, 9.17) is 19.9 Å². The largest absolute Gasteiger partial charge is 0.462 e. The molecule has 0 aliphatic rings. The van der Waals surface area contributed by atoms with Gasteiger partial charge in [0.25, 0.3) is 0 Å². The Morgan fingerprint density at radius 2 is 2.00 bits per heavy atom. The smallest absolute Gasteiger partial charge is 0.323 e. The van der Waals surface area contributed by atoms with Gasteiger partial charge in [0.1, 0.15) is 12.6 Å². The van der Waals surface area contributed by atoms with E-state index in [1.54, 1.807) is 18.9 Å². The van der Waals surface area contributed by atoms with E-state index in [0.29, 0.717) is 26.2 Å². The number of rotatable bonds is 10. The van der Waals surface area contributed by atoms with Gasteiger partial charge in [-0.25, -0.2) is 0 Å². The number of carbonyl (C=O) groups excluding carboxylic acids is 1. The summed E-state index contributed by atoms with van der Waals surface area (Å²) in [5.74, 6) is 0.505. The van der Waals surface area contributed by atoms with Crippen LogP contribution >= 0.6 is 11.8 Å². The quantitative estimate of drug-likeness (QED) is 0.444. The third-order valence-corrected chi connectivity index (χ3v) is 2.48. The van der Waals surface area contributed by atoms with E-state index in [0.717, 1.165) is 5.75 Å². The molecule has 2 N–H and O–H groups in total. The van der Waals surface area contributed by atoms with Crippen molar-refractivity contribution in [3.8, 4) is 0 Å². The van der Waals surface area contributed by atoms with Crippen LogP contribution in [0.3, 0.4) is 0 Å². The highest BCUT2D eigenvalue weighted by Crippen LogP contribution is 2.00. The molecule has 0 saturated heterocycles. The van der Waals surface area contributed by atoms with Crippen LogP contribution in [0, 0.1) is 0 Å². The van der Waals surface area contributed by atoms with Crippen LogP contribution in [-0.4, -0.2) is 57.6 Å². The molecule has 0 aromatic rings. The number of thioether (sulfide) groups is 1. The van der Waals surface area contributed by atoms with Crippen molar-refractivity contribution in [1.29, 1.82) is 0 Å². The number of hydrogen-bond acceptors (Lipinski definition) is 6. The molecule has 96 valence electrons. The fourth-order valence-electron chi connectivity index (χ4n) is 0.915. The molecule has 0 unspecified atom stereocenters.